The smallest absolute Gasteiger partial charge is 0.402 e. The van der Waals surface area contributed by atoms with Crippen LogP contribution in [-0.2, 0) is 42.6 Å². The van der Waals surface area contributed by atoms with Gasteiger partial charge in [0.05, 0.1) is 50.7 Å². The topological polar surface area (TPSA) is 73.8 Å². The second-order valence-electron chi connectivity index (χ2n) is 20.8. The lowest BCUT2D eigenvalue weighted by molar-refractivity contribution is 0.00578. The van der Waals surface area contributed by atoms with Gasteiger partial charge >= 0.3 is 28.5 Å². The van der Waals surface area contributed by atoms with Crippen molar-refractivity contribution in [1.82, 2.24) is 0 Å². The monoisotopic (exact) mass is 841 g/mol. The standard InChI is InChI=1S/C48H62B4O8.C2H6/c1-32-41(2,3)54-49(53-32)37-24-16-33(17-25-37)48(34-18-26-38(27-19-34)50-55-42(4,5)43(6,7)56-50,35-20-28-39(29-21-35)51-57-44(8,9)45(10,11)58-51)36-22-30-40(31-23-36)52-59-46(12,13)47(14,15)60-52;1-2/h16-32H,1-15H3;1-2H3. The van der Waals surface area contributed by atoms with Crippen molar-refractivity contribution >= 4 is 50.3 Å². The van der Waals surface area contributed by atoms with Gasteiger partial charge in [-0.3, -0.25) is 0 Å². The quantitative estimate of drug-likeness (QED) is 0.131. The molecule has 0 radical (unpaired) electrons. The lowest BCUT2D eigenvalue weighted by Gasteiger charge is -2.37. The first-order chi connectivity index (χ1) is 28.8. The second kappa shape index (κ2) is 16.1. The van der Waals surface area contributed by atoms with Crippen LogP contribution in [-0.4, -0.2) is 73.8 Å². The molecule has 4 saturated heterocycles. The number of rotatable bonds is 8. The van der Waals surface area contributed by atoms with Gasteiger partial charge in [0.15, 0.2) is 0 Å². The maximum Gasteiger partial charge on any atom is 0.494 e. The molecule has 4 heterocycles. The molecule has 8 rings (SSSR count). The molecule has 1 unspecified atom stereocenters. The predicted octanol–water partition coefficient (Wildman–Crippen LogP) is 7.90. The van der Waals surface area contributed by atoms with E-state index in [0.717, 1.165) is 44.1 Å². The maximum absolute atomic E-state index is 6.50. The van der Waals surface area contributed by atoms with Gasteiger partial charge < -0.3 is 37.2 Å². The fourth-order valence-corrected chi connectivity index (χ4v) is 8.39. The summed E-state index contributed by atoms with van der Waals surface area (Å²) >= 11 is 0. The Bertz CT molecular complexity index is 1960. The Kier molecular flexibility index (Phi) is 12.1. The van der Waals surface area contributed by atoms with Gasteiger partial charge in [-0.05, 0) is 148 Å². The predicted molar refractivity (Wildman–Crippen MR) is 254 cm³/mol. The molecule has 0 aromatic heterocycles. The van der Waals surface area contributed by atoms with E-state index in [-0.39, 0.29) is 6.10 Å². The average molecular weight is 840 g/mol. The molecule has 0 saturated carbocycles. The van der Waals surface area contributed by atoms with Crippen molar-refractivity contribution in [2.45, 2.75) is 168 Å². The third kappa shape index (κ3) is 7.99. The number of hydrogen-bond acceptors (Lipinski definition) is 8. The zero-order valence-corrected chi connectivity index (χ0v) is 40.4. The molecule has 62 heavy (non-hydrogen) atoms. The molecule has 4 aliphatic heterocycles. The summed E-state index contributed by atoms with van der Waals surface area (Å²) in [6, 6.07) is 34.8. The van der Waals surface area contributed by atoms with Gasteiger partial charge in [0.2, 0.25) is 0 Å². The van der Waals surface area contributed by atoms with E-state index in [1.807, 2.05) is 13.8 Å². The Morgan fingerprint density at radius 2 is 0.548 bits per heavy atom. The highest BCUT2D eigenvalue weighted by molar-refractivity contribution is 6.63. The van der Waals surface area contributed by atoms with Crippen LogP contribution < -0.4 is 21.9 Å². The van der Waals surface area contributed by atoms with E-state index in [1.165, 1.54) is 0 Å². The van der Waals surface area contributed by atoms with E-state index in [4.69, 9.17) is 37.2 Å². The van der Waals surface area contributed by atoms with Gasteiger partial charge in [-0.2, -0.15) is 0 Å². The third-order valence-corrected chi connectivity index (χ3v) is 14.9. The van der Waals surface area contributed by atoms with Crippen LogP contribution in [0.4, 0.5) is 0 Å². The van der Waals surface area contributed by atoms with E-state index < -0.39 is 73.1 Å². The fourth-order valence-electron chi connectivity index (χ4n) is 8.39. The van der Waals surface area contributed by atoms with Crippen LogP contribution in [0.15, 0.2) is 97.1 Å². The van der Waals surface area contributed by atoms with Gasteiger partial charge in [0, 0.05) is 0 Å². The van der Waals surface area contributed by atoms with Gasteiger partial charge in [-0.15, -0.1) is 0 Å². The van der Waals surface area contributed by atoms with E-state index in [2.05, 4.69) is 201 Å². The molecule has 0 amide bonds. The van der Waals surface area contributed by atoms with Gasteiger partial charge in [-0.25, -0.2) is 0 Å². The van der Waals surface area contributed by atoms with Crippen LogP contribution in [0.3, 0.4) is 0 Å². The average Bonchev–Trinajstić information content (AvgIpc) is 3.79. The van der Waals surface area contributed by atoms with Crippen molar-refractivity contribution in [3.8, 4) is 0 Å². The van der Waals surface area contributed by atoms with Crippen LogP contribution in [0.5, 0.6) is 0 Å². The summed E-state index contributed by atoms with van der Waals surface area (Å²) in [7, 11) is -1.94. The summed E-state index contributed by atoms with van der Waals surface area (Å²) in [5.74, 6) is 0. The minimum absolute atomic E-state index is 0.0475. The molecule has 4 aromatic carbocycles. The molecule has 4 aliphatic rings. The van der Waals surface area contributed by atoms with E-state index in [1.54, 1.807) is 0 Å². The van der Waals surface area contributed by atoms with Crippen LogP contribution in [0.25, 0.3) is 0 Å². The van der Waals surface area contributed by atoms with Crippen LogP contribution >= 0.6 is 0 Å². The molecule has 4 aromatic rings. The van der Waals surface area contributed by atoms with Gasteiger partial charge in [0.25, 0.3) is 0 Å². The van der Waals surface area contributed by atoms with E-state index >= 15 is 0 Å². The molecule has 0 N–H and O–H groups in total. The minimum Gasteiger partial charge on any atom is -0.402 e. The Labute approximate surface area is 374 Å². The van der Waals surface area contributed by atoms with Crippen LogP contribution in [0, 0.1) is 0 Å². The summed E-state index contributed by atoms with van der Waals surface area (Å²) in [5.41, 5.74) is 4.20. The number of hydrogen-bond donors (Lipinski definition) is 0. The summed E-state index contributed by atoms with van der Waals surface area (Å²) in [6.07, 6.45) is -0.0475. The third-order valence-electron chi connectivity index (χ3n) is 14.9. The molecule has 12 heteroatoms. The molecular weight excluding hydrogens is 772 g/mol. The molecule has 8 nitrogen and oxygen atoms in total. The van der Waals surface area contributed by atoms with Crippen LogP contribution in [0.1, 0.15) is 140 Å². The Morgan fingerprint density at radius 1 is 0.339 bits per heavy atom. The largest absolute Gasteiger partial charge is 0.494 e. The molecular formula is C50H68B4O8. The SMILES string of the molecule is CC.CC1OB(c2ccc(C(c3ccc(B4OC(C)(C)C(C)(C)O4)cc3)(c3ccc(B4OC(C)(C)C(C)(C)O4)cc3)c3ccc(B4OC(C)(C)C(C)(C)O4)cc3)cc2)OC1(C)C. The Hall–Kier alpha value is -3.18. The highest BCUT2D eigenvalue weighted by Crippen LogP contribution is 2.46. The first-order valence-corrected chi connectivity index (χ1v) is 22.6. The summed E-state index contributed by atoms with van der Waals surface area (Å²) in [5, 5.41) is 0. The zero-order chi connectivity index (χ0) is 45.5. The zero-order valence-electron chi connectivity index (χ0n) is 40.4. The Morgan fingerprint density at radius 3 is 0.742 bits per heavy atom. The normalized spacial score (nSPS) is 24.0. The molecule has 4 fully saturated rings. The maximum atomic E-state index is 6.50. The van der Waals surface area contributed by atoms with Gasteiger partial charge in [0.1, 0.15) is 0 Å². The summed E-state index contributed by atoms with van der Waals surface area (Å²) < 4.78 is 51.7. The second-order valence-corrected chi connectivity index (χ2v) is 20.8. The first-order valence-electron chi connectivity index (χ1n) is 22.6. The summed E-state index contributed by atoms with van der Waals surface area (Å²) in [6.45, 7) is 35.2. The van der Waals surface area contributed by atoms with Crippen molar-refractivity contribution in [3.05, 3.63) is 119 Å². The molecule has 0 aliphatic carbocycles. The molecule has 0 spiro atoms. The fraction of sp³-hybridized carbons (Fsp3) is 0.520. The van der Waals surface area contributed by atoms with Crippen molar-refractivity contribution in [2.24, 2.45) is 0 Å². The highest BCUT2D eigenvalue weighted by atomic mass is 16.7. The Balaban J connectivity index is 0.00000285. The van der Waals surface area contributed by atoms with E-state index in [0.29, 0.717) is 0 Å². The van der Waals surface area contributed by atoms with E-state index in [9.17, 15) is 0 Å². The molecule has 328 valence electrons. The minimum atomic E-state index is -0.792. The number of benzene rings is 4. The summed E-state index contributed by atoms with van der Waals surface area (Å²) in [4.78, 5) is 0. The van der Waals surface area contributed by atoms with Crippen molar-refractivity contribution in [2.75, 3.05) is 0 Å². The lowest BCUT2D eigenvalue weighted by Crippen LogP contribution is -2.41. The van der Waals surface area contributed by atoms with Crippen molar-refractivity contribution in [1.29, 1.82) is 0 Å². The molecule has 1 atom stereocenters. The highest BCUT2D eigenvalue weighted by Gasteiger charge is 2.54. The van der Waals surface area contributed by atoms with Crippen molar-refractivity contribution < 1.29 is 37.2 Å². The molecule has 0 bridgehead atoms. The van der Waals surface area contributed by atoms with Crippen LogP contribution in [0.2, 0.25) is 0 Å². The first kappa shape index (κ1) is 46.8. The van der Waals surface area contributed by atoms with Crippen molar-refractivity contribution in [3.63, 3.8) is 0 Å². The van der Waals surface area contributed by atoms with Gasteiger partial charge in [-0.1, -0.05) is 111 Å². The lowest BCUT2D eigenvalue weighted by atomic mass is 9.62.